The Morgan fingerprint density at radius 3 is 2.54 bits per heavy atom. The van der Waals surface area contributed by atoms with E-state index in [0.717, 1.165) is 31.6 Å². The largest absolute Gasteiger partial charge is 0.326 e. The van der Waals surface area contributed by atoms with Gasteiger partial charge in [0.15, 0.2) is 0 Å². The first-order chi connectivity index (χ1) is 13.7. The molecule has 2 amide bonds. The molecule has 1 saturated heterocycles. The van der Waals surface area contributed by atoms with Crippen LogP contribution in [0.1, 0.15) is 44.6 Å². The zero-order chi connectivity index (χ0) is 19.1. The van der Waals surface area contributed by atoms with Crippen molar-refractivity contribution < 1.29 is 9.59 Å². The van der Waals surface area contributed by atoms with E-state index in [1.807, 2.05) is 35.2 Å². The topological polar surface area (TPSA) is 40.6 Å². The normalized spacial score (nSPS) is 19.1. The average Bonchev–Trinajstić information content (AvgIpc) is 3.48. The molecule has 1 atom stereocenters. The minimum absolute atomic E-state index is 0.0117. The second kappa shape index (κ2) is 7.18. The van der Waals surface area contributed by atoms with Crippen molar-refractivity contribution >= 4 is 40.2 Å². The summed E-state index contributed by atoms with van der Waals surface area (Å²) in [6.45, 7) is 1.49. The minimum atomic E-state index is -0.0117. The third kappa shape index (κ3) is 2.97. The molecule has 142 valence electrons. The van der Waals surface area contributed by atoms with Crippen molar-refractivity contribution in [2.75, 3.05) is 18.0 Å². The van der Waals surface area contributed by atoms with Crippen molar-refractivity contribution in [2.45, 2.75) is 25.3 Å². The van der Waals surface area contributed by atoms with Crippen LogP contribution >= 0.6 is 22.7 Å². The van der Waals surface area contributed by atoms with Crippen LogP contribution in [-0.4, -0.2) is 29.8 Å². The number of anilines is 1. The summed E-state index contributed by atoms with van der Waals surface area (Å²) in [7, 11) is 0. The molecular weight excluding hydrogens is 388 g/mol. The number of benzene rings is 1. The summed E-state index contributed by atoms with van der Waals surface area (Å²) < 4.78 is 0. The van der Waals surface area contributed by atoms with Gasteiger partial charge >= 0.3 is 0 Å². The van der Waals surface area contributed by atoms with E-state index in [1.54, 1.807) is 27.6 Å². The highest BCUT2D eigenvalue weighted by atomic mass is 32.1. The molecule has 0 unspecified atom stereocenters. The van der Waals surface area contributed by atoms with Crippen molar-refractivity contribution in [1.29, 1.82) is 0 Å². The maximum atomic E-state index is 13.4. The fourth-order valence-corrected chi connectivity index (χ4v) is 5.92. The van der Waals surface area contributed by atoms with Crippen LogP contribution in [0.25, 0.3) is 0 Å². The Hall–Kier alpha value is -2.44. The first-order valence-electron chi connectivity index (χ1n) is 9.53. The van der Waals surface area contributed by atoms with Crippen molar-refractivity contribution in [1.82, 2.24) is 4.90 Å². The van der Waals surface area contributed by atoms with Crippen molar-refractivity contribution in [3.8, 4) is 0 Å². The maximum Gasteiger partial charge on any atom is 0.254 e. The Bertz CT molecular complexity index is 1010. The van der Waals surface area contributed by atoms with E-state index in [-0.39, 0.29) is 17.9 Å². The molecule has 0 saturated carbocycles. The number of hydrogen-bond acceptors (Lipinski definition) is 4. The first kappa shape index (κ1) is 17.6. The Labute approximate surface area is 172 Å². The van der Waals surface area contributed by atoms with Gasteiger partial charge in [0.1, 0.15) is 0 Å². The first-order valence-corrected chi connectivity index (χ1v) is 11.3. The monoisotopic (exact) mass is 408 g/mol. The highest BCUT2D eigenvalue weighted by Crippen LogP contribution is 2.40. The smallest absolute Gasteiger partial charge is 0.254 e. The van der Waals surface area contributed by atoms with E-state index in [4.69, 9.17) is 0 Å². The van der Waals surface area contributed by atoms with Gasteiger partial charge in [-0.05, 0) is 65.6 Å². The summed E-state index contributed by atoms with van der Waals surface area (Å²) in [5.41, 5.74) is 2.81. The number of carbonyl (C=O) groups is 2. The number of hydrogen-bond donors (Lipinski definition) is 0. The molecule has 0 radical (unpaired) electrons. The zero-order valence-electron chi connectivity index (χ0n) is 15.3. The number of thiophene rings is 2. The zero-order valence-corrected chi connectivity index (χ0v) is 17.0. The van der Waals surface area contributed by atoms with E-state index in [9.17, 15) is 9.59 Å². The molecule has 0 spiro atoms. The summed E-state index contributed by atoms with van der Waals surface area (Å²) in [6, 6.07) is 13.8. The lowest BCUT2D eigenvalue weighted by Crippen LogP contribution is -2.39. The van der Waals surface area contributed by atoms with Gasteiger partial charge < -0.3 is 9.80 Å². The van der Waals surface area contributed by atoms with Gasteiger partial charge in [0, 0.05) is 40.5 Å². The third-order valence-electron chi connectivity index (χ3n) is 5.54. The maximum absolute atomic E-state index is 13.4. The van der Waals surface area contributed by atoms with E-state index in [1.165, 1.54) is 15.3 Å². The van der Waals surface area contributed by atoms with Gasteiger partial charge in [-0.15, -0.1) is 22.7 Å². The number of fused-ring (bicyclic) bond motifs is 1. The molecule has 2 aliphatic heterocycles. The molecule has 2 aromatic heterocycles. The minimum Gasteiger partial charge on any atom is -0.326 e. The molecule has 5 rings (SSSR count). The van der Waals surface area contributed by atoms with Crippen molar-refractivity contribution in [3.63, 3.8) is 0 Å². The van der Waals surface area contributed by atoms with Crippen LogP contribution in [0.5, 0.6) is 0 Å². The number of rotatable bonds is 3. The van der Waals surface area contributed by atoms with Crippen LogP contribution in [0.4, 0.5) is 5.69 Å². The molecule has 3 aromatic rings. The van der Waals surface area contributed by atoms with Crippen LogP contribution in [-0.2, 0) is 11.2 Å². The summed E-state index contributed by atoms with van der Waals surface area (Å²) in [5.74, 6) is 0.215. The van der Waals surface area contributed by atoms with Gasteiger partial charge in [0.05, 0.1) is 6.04 Å². The van der Waals surface area contributed by atoms with Crippen LogP contribution in [0.2, 0.25) is 0 Å². The van der Waals surface area contributed by atoms with Gasteiger partial charge in [-0.25, -0.2) is 0 Å². The fraction of sp³-hybridized carbons (Fsp3) is 0.273. The average molecular weight is 409 g/mol. The Morgan fingerprint density at radius 2 is 1.82 bits per heavy atom. The highest BCUT2D eigenvalue weighted by Gasteiger charge is 2.34. The Balaban J connectivity index is 1.45. The highest BCUT2D eigenvalue weighted by molar-refractivity contribution is 7.10. The SMILES string of the molecule is O=C1CCCN1c1ccc(C(=O)N2CCc3sccc3[C@H]2c2cccs2)cc1. The molecule has 1 aromatic carbocycles. The van der Waals surface area contributed by atoms with E-state index < -0.39 is 0 Å². The molecule has 4 heterocycles. The van der Waals surface area contributed by atoms with Gasteiger partial charge in [-0.2, -0.15) is 0 Å². The fourth-order valence-electron chi connectivity index (χ4n) is 4.16. The van der Waals surface area contributed by atoms with E-state index >= 15 is 0 Å². The summed E-state index contributed by atoms with van der Waals surface area (Å²) in [4.78, 5) is 31.7. The number of nitrogens with zero attached hydrogens (tertiary/aromatic N) is 2. The van der Waals surface area contributed by atoms with Crippen LogP contribution in [0.15, 0.2) is 53.2 Å². The van der Waals surface area contributed by atoms with E-state index in [0.29, 0.717) is 12.0 Å². The predicted molar refractivity (Wildman–Crippen MR) is 113 cm³/mol. The summed E-state index contributed by atoms with van der Waals surface area (Å²) >= 11 is 3.48. The molecule has 4 nitrogen and oxygen atoms in total. The lowest BCUT2D eigenvalue weighted by Gasteiger charge is -2.35. The van der Waals surface area contributed by atoms with Crippen LogP contribution < -0.4 is 4.90 Å². The molecule has 0 N–H and O–H groups in total. The Kier molecular flexibility index (Phi) is 4.53. The van der Waals surface area contributed by atoms with E-state index in [2.05, 4.69) is 22.9 Å². The Morgan fingerprint density at radius 1 is 0.964 bits per heavy atom. The molecule has 2 aliphatic rings. The second-order valence-electron chi connectivity index (χ2n) is 7.16. The number of carbonyl (C=O) groups excluding carboxylic acids is 2. The van der Waals surface area contributed by atoms with Crippen molar-refractivity contribution in [3.05, 3.63) is 74.1 Å². The standard InChI is InChI=1S/C22H20N2O2S2/c25-20-4-1-11-23(20)16-7-5-15(6-8-16)22(26)24-12-9-18-17(10-14-28-18)21(24)19-3-2-13-27-19/h2-3,5-8,10,13-14,21H,1,4,9,11-12H2/t21-/m0/s1. The molecule has 1 fully saturated rings. The van der Waals surface area contributed by atoms with Gasteiger partial charge in [0.2, 0.25) is 5.91 Å². The predicted octanol–water partition coefficient (Wildman–Crippen LogP) is 4.72. The van der Waals surface area contributed by atoms with Crippen LogP contribution in [0, 0.1) is 0 Å². The van der Waals surface area contributed by atoms with Gasteiger partial charge in [-0.3, -0.25) is 9.59 Å². The lowest BCUT2D eigenvalue weighted by molar-refractivity contribution is -0.117. The summed E-state index contributed by atoms with van der Waals surface area (Å²) in [6.07, 6.45) is 2.42. The molecular formula is C22H20N2O2S2. The van der Waals surface area contributed by atoms with Crippen molar-refractivity contribution in [2.24, 2.45) is 0 Å². The van der Waals surface area contributed by atoms with Gasteiger partial charge in [0.25, 0.3) is 5.91 Å². The number of amides is 2. The van der Waals surface area contributed by atoms with Gasteiger partial charge in [-0.1, -0.05) is 6.07 Å². The molecule has 6 heteroatoms. The van der Waals surface area contributed by atoms with Crippen LogP contribution in [0.3, 0.4) is 0 Å². The third-order valence-corrected chi connectivity index (χ3v) is 7.46. The molecule has 0 bridgehead atoms. The quantitative estimate of drug-likeness (QED) is 0.629. The lowest BCUT2D eigenvalue weighted by atomic mass is 9.97. The molecule has 28 heavy (non-hydrogen) atoms. The second-order valence-corrected chi connectivity index (χ2v) is 9.14. The summed E-state index contributed by atoms with van der Waals surface area (Å²) in [5, 5.41) is 4.20. The molecule has 0 aliphatic carbocycles.